The highest BCUT2D eigenvalue weighted by atomic mass is 16.3. The van der Waals surface area contributed by atoms with Crippen LogP contribution in [0.15, 0.2) is 40.5 Å². The maximum atomic E-state index is 10.5. The van der Waals surface area contributed by atoms with Gasteiger partial charge < -0.3 is 4.42 Å². The smallest absolute Gasteiger partial charge is 0.145 e. The van der Waals surface area contributed by atoms with Gasteiger partial charge in [-0.1, -0.05) is 18.2 Å². The first-order valence-corrected chi connectivity index (χ1v) is 4.41. The van der Waals surface area contributed by atoms with E-state index >= 15 is 0 Å². The number of para-hydroxylation sites is 1. The molecular formula is C12H10O2. The van der Waals surface area contributed by atoms with Gasteiger partial charge in [-0.15, -0.1) is 0 Å². The average Bonchev–Trinajstić information content (AvgIpc) is 2.62. The summed E-state index contributed by atoms with van der Waals surface area (Å²) in [5.74, 6) is 0. The molecule has 2 heteroatoms. The molecule has 0 aliphatic rings. The third kappa shape index (κ3) is 1.46. The molecule has 14 heavy (non-hydrogen) atoms. The summed E-state index contributed by atoms with van der Waals surface area (Å²) in [6.45, 7) is 1.77. The Morgan fingerprint density at radius 1 is 1.36 bits per heavy atom. The molecule has 0 aliphatic heterocycles. The summed E-state index contributed by atoms with van der Waals surface area (Å²) >= 11 is 0. The van der Waals surface area contributed by atoms with Gasteiger partial charge >= 0.3 is 0 Å². The van der Waals surface area contributed by atoms with Gasteiger partial charge in [-0.3, -0.25) is 4.79 Å². The zero-order chi connectivity index (χ0) is 9.97. The number of furan rings is 1. The third-order valence-corrected chi connectivity index (χ3v) is 2.08. The van der Waals surface area contributed by atoms with Gasteiger partial charge in [-0.05, 0) is 24.6 Å². The Morgan fingerprint density at radius 3 is 2.93 bits per heavy atom. The predicted molar refractivity (Wildman–Crippen MR) is 55.9 cm³/mol. The molecule has 0 N–H and O–H groups in total. The number of hydrogen-bond donors (Lipinski definition) is 0. The summed E-state index contributed by atoms with van der Waals surface area (Å²) in [5, 5.41) is 1.04. The van der Waals surface area contributed by atoms with Gasteiger partial charge in [0.25, 0.3) is 0 Å². The highest BCUT2D eigenvalue weighted by molar-refractivity contribution is 5.91. The van der Waals surface area contributed by atoms with E-state index in [1.54, 1.807) is 13.2 Å². The van der Waals surface area contributed by atoms with E-state index in [9.17, 15) is 4.79 Å². The number of rotatable bonds is 2. The van der Waals surface area contributed by atoms with Crippen LogP contribution < -0.4 is 0 Å². The number of benzene rings is 1. The summed E-state index contributed by atoms with van der Waals surface area (Å²) in [7, 11) is 0. The fraction of sp³-hybridized carbons (Fsp3) is 0.0833. The number of allylic oxidation sites excluding steroid dienone is 1. The molecular weight excluding hydrogens is 176 g/mol. The topological polar surface area (TPSA) is 30.2 Å². The number of carbonyl (C=O) groups excluding carboxylic acids is 1. The largest absolute Gasteiger partial charge is 0.464 e. The highest BCUT2D eigenvalue weighted by Crippen LogP contribution is 2.22. The Labute approximate surface area is 81.8 Å². The van der Waals surface area contributed by atoms with Crippen LogP contribution in [0.4, 0.5) is 0 Å². The molecule has 0 atom stereocenters. The molecule has 0 bridgehead atoms. The molecule has 0 saturated carbocycles. The van der Waals surface area contributed by atoms with Crippen molar-refractivity contribution in [3.05, 3.63) is 41.7 Å². The predicted octanol–water partition coefficient (Wildman–Crippen LogP) is 3.04. The monoisotopic (exact) mass is 186 g/mol. The number of carbonyl (C=O) groups is 1. The maximum Gasteiger partial charge on any atom is 0.145 e. The first-order chi connectivity index (χ1) is 6.81. The molecule has 1 aromatic carbocycles. The second-order valence-corrected chi connectivity index (χ2v) is 3.19. The van der Waals surface area contributed by atoms with Crippen LogP contribution in [-0.2, 0) is 4.79 Å². The molecule has 0 amide bonds. The van der Waals surface area contributed by atoms with Gasteiger partial charge in [0.15, 0.2) is 0 Å². The Bertz CT molecular complexity index is 492. The van der Waals surface area contributed by atoms with Crippen LogP contribution in [-0.4, -0.2) is 6.29 Å². The Hall–Kier alpha value is -1.83. The first-order valence-electron chi connectivity index (χ1n) is 4.41. The van der Waals surface area contributed by atoms with Crippen molar-refractivity contribution < 1.29 is 9.21 Å². The van der Waals surface area contributed by atoms with Crippen molar-refractivity contribution in [2.75, 3.05) is 0 Å². The van der Waals surface area contributed by atoms with Gasteiger partial charge in [-0.2, -0.15) is 0 Å². The van der Waals surface area contributed by atoms with E-state index < -0.39 is 0 Å². The summed E-state index contributed by atoms with van der Waals surface area (Å²) in [5.41, 5.74) is 2.49. The lowest BCUT2D eigenvalue weighted by atomic mass is 10.1. The normalized spacial score (nSPS) is 11.9. The van der Waals surface area contributed by atoms with Crippen molar-refractivity contribution in [2.45, 2.75) is 6.92 Å². The molecule has 1 heterocycles. The highest BCUT2D eigenvalue weighted by Gasteiger charge is 2.01. The van der Waals surface area contributed by atoms with E-state index in [1.165, 1.54) is 0 Å². The van der Waals surface area contributed by atoms with Crippen LogP contribution in [0.3, 0.4) is 0 Å². The van der Waals surface area contributed by atoms with E-state index in [1.807, 2.05) is 30.3 Å². The Kier molecular flexibility index (Phi) is 2.19. The second kappa shape index (κ2) is 3.50. The molecule has 2 aromatic rings. The zero-order valence-corrected chi connectivity index (χ0v) is 7.86. The van der Waals surface area contributed by atoms with E-state index in [0.717, 1.165) is 22.8 Å². The molecule has 0 spiro atoms. The Morgan fingerprint density at radius 2 is 2.14 bits per heavy atom. The summed E-state index contributed by atoms with van der Waals surface area (Å²) in [4.78, 5) is 10.5. The van der Waals surface area contributed by atoms with Crippen molar-refractivity contribution >= 4 is 23.3 Å². The van der Waals surface area contributed by atoms with Crippen LogP contribution in [0.5, 0.6) is 0 Å². The van der Waals surface area contributed by atoms with Crippen LogP contribution in [0.1, 0.15) is 12.5 Å². The van der Waals surface area contributed by atoms with E-state index in [2.05, 4.69) is 0 Å². The molecule has 0 radical (unpaired) electrons. The molecule has 2 rings (SSSR count). The minimum atomic E-state index is 0.691. The summed E-state index contributed by atoms with van der Waals surface area (Å²) in [6, 6.07) is 7.75. The molecule has 70 valence electrons. The SMILES string of the molecule is C/C(C=O)=C/c1coc2ccccc12. The number of hydrogen-bond acceptors (Lipinski definition) is 2. The average molecular weight is 186 g/mol. The summed E-state index contributed by atoms with van der Waals surface area (Å²) in [6.07, 6.45) is 4.32. The molecule has 0 fully saturated rings. The second-order valence-electron chi connectivity index (χ2n) is 3.19. The van der Waals surface area contributed by atoms with Crippen molar-refractivity contribution in [1.29, 1.82) is 0 Å². The molecule has 0 unspecified atom stereocenters. The fourth-order valence-corrected chi connectivity index (χ4v) is 1.39. The molecule has 0 saturated heterocycles. The first kappa shape index (κ1) is 8.75. The van der Waals surface area contributed by atoms with E-state index in [4.69, 9.17) is 4.42 Å². The van der Waals surface area contributed by atoms with Crippen LogP contribution >= 0.6 is 0 Å². The third-order valence-electron chi connectivity index (χ3n) is 2.08. The lowest BCUT2D eigenvalue weighted by Crippen LogP contribution is -1.75. The van der Waals surface area contributed by atoms with Crippen LogP contribution in [0.25, 0.3) is 17.0 Å². The quantitative estimate of drug-likeness (QED) is 0.533. The fourth-order valence-electron chi connectivity index (χ4n) is 1.39. The van der Waals surface area contributed by atoms with Gasteiger partial charge in [0.1, 0.15) is 11.9 Å². The van der Waals surface area contributed by atoms with E-state index in [0.29, 0.717) is 5.57 Å². The van der Waals surface area contributed by atoms with E-state index in [-0.39, 0.29) is 0 Å². The van der Waals surface area contributed by atoms with Crippen molar-refractivity contribution in [3.8, 4) is 0 Å². The van der Waals surface area contributed by atoms with Crippen LogP contribution in [0, 0.1) is 0 Å². The maximum absolute atomic E-state index is 10.5. The van der Waals surface area contributed by atoms with Gasteiger partial charge in [-0.25, -0.2) is 0 Å². The van der Waals surface area contributed by atoms with Crippen molar-refractivity contribution in [1.82, 2.24) is 0 Å². The lowest BCUT2D eigenvalue weighted by Gasteiger charge is -1.89. The minimum Gasteiger partial charge on any atom is -0.464 e. The van der Waals surface area contributed by atoms with Crippen LogP contribution in [0.2, 0.25) is 0 Å². The minimum absolute atomic E-state index is 0.691. The van der Waals surface area contributed by atoms with Gasteiger partial charge in [0.05, 0.1) is 6.26 Å². The molecule has 0 aliphatic carbocycles. The number of fused-ring (bicyclic) bond motifs is 1. The lowest BCUT2D eigenvalue weighted by molar-refractivity contribution is -0.104. The van der Waals surface area contributed by atoms with Crippen molar-refractivity contribution in [2.24, 2.45) is 0 Å². The van der Waals surface area contributed by atoms with Crippen molar-refractivity contribution in [3.63, 3.8) is 0 Å². The number of aldehydes is 1. The Balaban J connectivity index is 2.59. The molecule has 2 nitrogen and oxygen atoms in total. The van der Waals surface area contributed by atoms with Gasteiger partial charge in [0, 0.05) is 10.9 Å². The summed E-state index contributed by atoms with van der Waals surface area (Å²) < 4.78 is 5.33. The van der Waals surface area contributed by atoms with Gasteiger partial charge in [0.2, 0.25) is 0 Å². The zero-order valence-electron chi connectivity index (χ0n) is 7.86. The molecule has 1 aromatic heterocycles. The standard InChI is InChI=1S/C12H10O2/c1-9(7-13)6-10-8-14-12-5-3-2-4-11(10)12/h2-8H,1H3/b9-6-.